The van der Waals surface area contributed by atoms with Crippen molar-refractivity contribution >= 4 is 28.9 Å². The van der Waals surface area contributed by atoms with Crippen LogP contribution in [0.15, 0.2) is 42.5 Å². The van der Waals surface area contributed by atoms with Crippen molar-refractivity contribution in [2.24, 2.45) is 5.73 Å². The zero-order valence-corrected chi connectivity index (χ0v) is 12.0. The second-order valence-corrected chi connectivity index (χ2v) is 4.84. The van der Waals surface area contributed by atoms with Gasteiger partial charge in [-0.25, -0.2) is 8.78 Å². The van der Waals surface area contributed by atoms with E-state index in [4.69, 9.17) is 18.0 Å². The van der Waals surface area contributed by atoms with Crippen molar-refractivity contribution in [1.82, 2.24) is 0 Å². The van der Waals surface area contributed by atoms with Crippen LogP contribution in [0.25, 0.3) is 0 Å². The monoisotopic (exact) mass is 306 g/mol. The molecule has 0 aliphatic heterocycles. The highest BCUT2D eigenvalue weighted by Crippen LogP contribution is 2.23. The molecule has 0 aliphatic carbocycles. The van der Waals surface area contributed by atoms with Crippen molar-refractivity contribution in [3.05, 3.63) is 65.2 Å². The number of amides is 1. The molecule has 0 spiro atoms. The van der Waals surface area contributed by atoms with Gasteiger partial charge in [0, 0.05) is 5.56 Å². The van der Waals surface area contributed by atoms with Gasteiger partial charge in [-0.3, -0.25) is 9.69 Å². The van der Waals surface area contributed by atoms with Gasteiger partial charge < -0.3 is 5.73 Å². The summed E-state index contributed by atoms with van der Waals surface area (Å²) in [4.78, 5) is 13.2. The van der Waals surface area contributed by atoms with E-state index in [0.717, 1.165) is 16.5 Å². The lowest BCUT2D eigenvalue weighted by Gasteiger charge is -2.21. The Morgan fingerprint density at radius 3 is 2.33 bits per heavy atom. The molecular weight excluding hydrogens is 294 g/mol. The van der Waals surface area contributed by atoms with Gasteiger partial charge in [-0.05, 0) is 43.4 Å². The summed E-state index contributed by atoms with van der Waals surface area (Å²) in [6, 6.07) is 10.1. The van der Waals surface area contributed by atoms with Crippen molar-refractivity contribution in [3.8, 4) is 0 Å². The summed E-state index contributed by atoms with van der Waals surface area (Å²) in [5.41, 5.74) is 6.43. The van der Waals surface area contributed by atoms with Crippen molar-refractivity contribution in [1.29, 1.82) is 0 Å². The lowest BCUT2D eigenvalue weighted by atomic mass is 10.1. The smallest absolute Gasteiger partial charge is 0.264 e. The first kappa shape index (κ1) is 15.1. The average molecular weight is 306 g/mol. The van der Waals surface area contributed by atoms with Gasteiger partial charge in [-0.15, -0.1) is 0 Å². The normalized spacial score (nSPS) is 10.2. The molecule has 0 fully saturated rings. The first-order valence-corrected chi connectivity index (χ1v) is 6.47. The van der Waals surface area contributed by atoms with Gasteiger partial charge in [-0.2, -0.15) is 0 Å². The Labute approximate surface area is 126 Å². The molecule has 0 atom stereocenters. The van der Waals surface area contributed by atoms with Crippen LogP contribution >= 0.6 is 12.2 Å². The first-order valence-electron chi connectivity index (χ1n) is 6.06. The molecule has 0 aromatic heterocycles. The molecule has 0 saturated carbocycles. The van der Waals surface area contributed by atoms with Crippen LogP contribution in [0.3, 0.4) is 0 Å². The fourth-order valence-corrected chi connectivity index (χ4v) is 2.00. The maximum Gasteiger partial charge on any atom is 0.264 e. The molecule has 0 heterocycles. The third kappa shape index (κ3) is 3.05. The lowest BCUT2D eigenvalue weighted by molar-refractivity contribution is 0.100. The van der Waals surface area contributed by atoms with Crippen LogP contribution in [0.2, 0.25) is 0 Å². The molecule has 108 valence electrons. The number of nitrogens with zero attached hydrogens (tertiary/aromatic N) is 1. The van der Waals surface area contributed by atoms with Crippen molar-refractivity contribution in [2.45, 2.75) is 6.92 Å². The molecule has 2 rings (SSSR count). The van der Waals surface area contributed by atoms with E-state index in [1.54, 1.807) is 24.3 Å². The van der Waals surface area contributed by atoms with E-state index < -0.39 is 17.5 Å². The number of rotatable bonds is 2. The zero-order valence-electron chi connectivity index (χ0n) is 11.1. The van der Waals surface area contributed by atoms with Gasteiger partial charge in [0.2, 0.25) is 0 Å². The average Bonchev–Trinajstić information content (AvgIpc) is 2.44. The minimum atomic E-state index is -1.18. The number of nitrogens with two attached hydrogens (primary N) is 1. The van der Waals surface area contributed by atoms with E-state index in [0.29, 0.717) is 0 Å². The fourth-order valence-electron chi connectivity index (χ4n) is 1.82. The molecule has 0 saturated heterocycles. The molecule has 6 heteroatoms. The molecule has 2 N–H and O–H groups in total. The summed E-state index contributed by atoms with van der Waals surface area (Å²) in [5.74, 6) is -2.87. The Kier molecular flexibility index (Phi) is 4.28. The van der Waals surface area contributed by atoms with Gasteiger partial charge in [0.05, 0.1) is 5.69 Å². The number of thiocarbonyl (C=S) groups is 1. The Balaban J connectivity index is 2.49. The van der Waals surface area contributed by atoms with E-state index in [2.05, 4.69) is 0 Å². The van der Waals surface area contributed by atoms with Crippen LogP contribution in [-0.2, 0) is 0 Å². The number of carbonyl (C=O) groups excluding carboxylic acids is 1. The highest BCUT2D eigenvalue weighted by atomic mass is 32.1. The van der Waals surface area contributed by atoms with Crippen LogP contribution in [0, 0.1) is 18.6 Å². The topological polar surface area (TPSA) is 46.3 Å². The van der Waals surface area contributed by atoms with Crippen molar-refractivity contribution < 1.29 is 13.6 Å². The number of aryl methyl sites for hydroxylation is 1. The third-order valence-electron chi connectivity index (χ3n) is 2.89. The van der Waals surface area contributed by atoms with Gasteiger partial charge in [0.15, 0.2) is 16.7 Å². The maximum absolute atomic E-state index is 13.9. The van der Waals surface area contributed by atoms with E-state index in [9.17, 15) is 13.6 Å². The predicted molar refractivity (Wildman–Crippen MR) is 81.1 cm³/mol. The van der Waals surface area contributed by atoms with Crippen LogP contribution in [0.1, 0.15) is 15.9 Å². The second-order valence-electron chi connectivity index (χ2n) is 4.42. The molecule has 1 amide bonds. The number of carbonyl (C=O) groups is 1. The second kappa shape index (κ2) is 5.97. The molecule has 2 aromatic carbocycles. The van der Waals surface area contributed by atoms with Crippen LogP contribution in [-0.4, -0.2) is 11.0 Å². The molecular formula is C15H12F2N2OS. The maximum atomic E-state index is 13.9. The fraction of sp³-hybridized carbons (Fsp3) is 0.0667. The predicted octanol–water partition coefficient (Wildman–Crippen LogP) is 3.16. The van der Waals surface area contributed by atoms with Gasteiger partial charge in [0.25, 0.3) is 5.91 Å². The molecule has 3 nitrogen and oxygen atoms in total. The number of hydrogen-bond donors (Lipinski definition) is 1. The Morgan fingerprint density at radius 1 is 1.14 bits per heavy atom. The largest absolute Gasteiger partial charge is 0.376 e. The van der Waals surface area contributed by atoms with Gasteiger partial charge in [0.1, 0.15) is 0 Å². The Bertz CT molecular complexity index is 701. The molecule has 2 aromatic rings. The highest BCUT2D eigenvalue weighted by molar-refractivity contribution is 7.80. The number of halogens is 2. The minimum absolute atomic E-state index is 0.275. The standard InChI is InChI=1S/C15H12F2N2OS/c1-9-5-7-10(8-6-9)14(20)19(15(18)21)12-4-2-3-11(16)13(12)17/h2-8H,1H3,(H2,18,21). The molecule has 0 unspecified atom stereocenters. The summed E-state index contributed by atoms with van der Waals surface area (Å²) in [6.45, 7) is 1.87. The summed E-state index contributed by atoms with van der Waals surface area (Å²) < 4.78 is 27.2. The van der Waals surface area contributed by atoms with Gasteiger partial charge in [-0.1, -0.05) is 23.8 Å². The lowest BCUT2D eigenvalue weighted by Crippen LogP contribution is -2.41. The summed E-state index contributed by atoms with van der Waals surface area (Å²) in [6.07, 6.45) is 0. The van der Waals surface area contributed by atoms with E-state index >= 15 is 0 Å². The third-order valence-corrected chi connectivity index (χ3v) is 3.08. The van der Waals surface area contributed by atoms with E-state index in [1.165, 1.54) is 12.1 Å². The highest BCUT2D eigenvalue weighted by Gasteiger charge is 2.24. The van der Waals surface area contributed by atoms with Crippen LogP contribution in [0.4, 0.5) is 14.5 Å². The van der Waals surface area contributed by atoms with Crippen molar-refractivity contribution in [3.63, 3.8) is 0 Å². The van der Waals surface area contributed by atoms with Gasteiger partial charge >= 0.3 is 0 Å². The summed E-state index contributed by atoms with van der Waals surface area (Å²) >= 11 is 4.80. The SMILES string of the molecule is Cc1ccc(C(=O)N(C(N)=S)c2cccc(F)c2F)cc1. The van der Waals surface area contributed by atoms with E-state index in [1.807, 2.05) is 6.92 Å². The minimum Gasteiger partial charge on any atom is -0.376 e. The molecule has 0 bridgehead atoms. The number of hydrogen-bond acceptors (Lipinski definition) is 2. The zero-order chi connectivity index (χ0) is 15.6. The first-order chi connectivity index (χ1) is 9.91. The number of anilines is 1. The molecule has 0 radical (unpaired) electrons. The molecule has 21 heavy (non-hydrogen) atoms. The molecule has 0 aliphatic rings. The van der Waals surface area contributed by atoms with Crippen molar-refractivity contribution in [2.75, 3.05) is 4.90 Å². The summed E-state index contributed by atoms with van der Waals surface area (Å²) in [7, 11) is 0. The van der Waals surface area contributed by atoms with Crippen LogP contribution in [0.5, 0.6) is 0 Å². The number of benzene rings is 2. The van der Waals surface area contributed by atoms with Crippen LogP contribution < -0.4 is 10.6 Å². The quantitative estimate of drug-likeness (QED) is 0.867. The van der Waals surface area contributed by atoms with E-state index in [-0.39, 0.29) is 16.4 Å². The summed E-state index contributed by atoms with van der Waals surface area (Å²) in [5, 5.41) is -0.356. The Morgan fingerprint density at radius 2 is 1.76 bits per heavy atom. The Hall–Kier alpha value is -2.34.